The van der Waals surface area contributed by atoms with Gasteiger partial charge < -0.3 is 14.6 Å². The molecule has 1 N–H and O–H groups in total. The van der Waals surface area contributed by atoms with Crippen LogP contribution in [0.5, 0.6) is 0 Å². The minimum absolute atomic E-state index is 0.00845. The number of aliphatic hydroxyl groups is 1. The van der Waals surface area contributed by atoms with E-state index in [1.165, 1.54) is 0 Å². The van der Waals surface area contributed by atoms with Crippen LogP contribution >= 0.6 is 0 Å². The fourth-order valence-electron chi connectivity index (χ4n) is 1.55. The van der Waals surface area contributed by atoms with E-state index in [-0.39, 0.29) is 18.8 Å². The fourth-order valence-corrected chi connectivity index (χ4v) is 1.55. The molecule has 0 aliphatic rings. The smallest absolute Gasteiger partial charge is 0.147 e. The Kier molecular flexibility index (Phi) is 6.65. The molecule has 0 aliphatic carbocycles. The van der Waals surface area contributed by atoms with Crippen molar-refractivity contribution in [1.29, 1.82) is 0 Å². The molecule has 3 nitrogen and oxygen atoms in total. The SMILES string of the molecule is C=C[C@@H](C)[C@@H](O)[C@@H](C)OCOCc1ccccc1. The van der Waals surface area contributed by atoms with Crippen LogP contribution in [0.25, 0.3) is 0 Å². The van der Waals surface area contributed by atoms with Crippen molar-refractivity contribution >= 4 is 0 Å². The minimum Gasteiger partial charge on any atom is -0.390 e. The highest BCUT2D eigenvalue weighted by Crippen LogP contribution is 2.11. The maximum atomic E-state index is 9.85. The van der Waals surface area contributed by atoms with Crippen LogP contribution in [0.1, 0.15) is 19.4 Å². The Morgan fingerprint density at radius 2 is 1.94 bits per heavy atom. The first-order valence-electron chi connectivity index (χ1n) is 6.19. The van der Waals surface area contributed by atoms with Crippen molar-refractivity contribution in [2.75, 3.05) is 6.79 Å². The van der Waals surface area contributed by atoms with Crippen LogP contribution in [0.2, 0.25) is 0 Å². The van der Waals surface area contributed by atoms with E-state index in [0.29, 0.717) is 6.61 Å². The second-order valence-corrected chi connectivity index (χ2v) is 4.41. The Balaban J connectivity index is 2.19. The highest BCUT2D eigenvalue weighted by Gasteiger charge is 2.19. The van der Waals surface area contributed by atoms with Gasteiger partial charge in [-0.3, -0.25) is 0 Å². The molecule has 0 fully saturated rings. The summed E-state index contributed by atoms with van der Waals surface area (Å²) < 4.78 is 10.8. The lowest BCUT2D eigenvalue weighted by molar-refractivity contribution is -0.128. The summed E-state index contributed by atoms with van der Waals surface area (Å²) in [7, 11) is 0. The zero-order valence-electron chi connectivity index (χ0n) is 11.1. The van der Waals surface area contributed by atoms with Crippen molar-refractivity contribution in [3.63, 3.8) is 0 Å². The van der Waals surface area contributed by atoms with Gasteiger partial charge in [0.25, 0.3) is 0 Å². The standard InChI is InChI=1S/C15H22O3/c1-4-12(2)15(16)13(3)18-11-17-10-14-8-6-5-7-9-14/h4-9,12-13,15-16H,1,10-11H2,2-3H3/t12-,13-,15-/m1/s1. The zero-order valence-corrected chi connectivity index (χ0v) is 11.1. The van der Waals surface area contributed by atoms with Gasteiger partial charge in [0.15, 0.2) is 0 Å². The molecule has 0 bridgehead atoms. The molecule has 100 valence electrons. The van der Waals surface area contributed by atoms with Crippen molar-refractivity contribution in [3.8, 4) is 0 Å². The third-order valence-electron chi connectivity index (χ3n) is 2.92. The summed E-state index contributed by atoms with van der Waals surface area (Å²) in [4.78, 5) is 0. The monoisotopic (exact) mass is 250 g/mol. The van der Waals surface area contributed by atoms with E-state index in [9.17, 15) is 5.11 Å². The molecule has 0 saturated carbocycles. The maximum absolute atomic E-state index is 9.85. The second-order valence-electron chi connectivity index (χ2n) is 4.41. The van der Waals surface area contributed by atoms with Gasteiger partial charge in [-0.25, -0.2) is 0 Å². The molecule has 0 radical (unpaired) electrons. The highest BCUT2D eigenvalue weighted by molar-refractivity contribution is 5.13. The van der Waals surface area contributed by atoms with Gasteiger partial charge in [0.1, 0.15) is 6.79 Å². The molecule has 18 heavy (non-hydrogen) atoms. The zero-order chi connectivity index (χ0) is 13.4. The van der Waals surface area contributed by atoms with E-state index in [0.717, 1.165) is 5.56 Å². The summed E-state index contributed by atoms with van der Waals surface area (Å²) in [6.45, 7) is 8.08. The lowest BCUT2D eigenvalue weighted by Gasteiger charge is -2.22. The van der Waals surface area contributed by atoms with Gasteiger partial charge in [0, 0.05) is 5.92 Å². The third kappa shape index (κ3) is 5.00. The summed E-state index contributed by atoms with van der Waals surface area (Å²) in [5.41, 5.74) is 1.11. The minimum atomic E-state index is -0.553. The molecule has 0 saturated heterocycles. The summed E-state index contributed by atoms with van der Waals surface area (Å²) in [6.07, 6.45) is 0.895. The van der Waals surface area contributed by atoms with E-state index >= 15 is 0 Å². The number of aliphatic hydroxyl groups excluding tert-OH is 1. The van der Waals surface area contributed by atoms with Crippen molar-refractivity contribution in [3.05, 3.63) is 48.6 Å². The van der Waals surface area contributed by atoms with Gasteiger partial charge in [-0.1, -0.05) is 43.3 Å². The van der Waals surface area contributed by atoms with Gasteiger partial charge in [0.2, 0.25) is 0 Å². The number of rotatable bonds is 8. The summed E-state index contributed by atoms with van der Waals surface area (Å²) in [5.74, 6) is 0.00845. The predicted octanol–water partition coefficient (Wildman–Crippen LogP) is 2.75. The van der Waals surface area contributed by atoms with Crippen molar-refractivity contribution in [2.45, 2.75) is 32.7 Å². The molecule has 0 amide bonds. The van der Waals surface area contributed by atoms with Crippen molar-refractivity contribution in [1.82, 2.24) is 0 Å². The van der Waals surface area contributed by atoms with Gasteiger partial charge in [-0.15, -0.1) is 6.58 Å². The van der Waals surface area contributed by atoms with Gasteiger partial charge in [0.05, 0.1) is 18.8 Å². The Labute approximate surface area is 109 Å². The Hall–Kier alpha value is -1.16. The Bertz CT molecular complexity index is 337. The van der Waals surface area contributed by atoms with E-state index in [2.05, 4.69) is 6.58 Å². The first-order valence-corrected chi connectivity index (χ1v) is 6.19. The average molecular weight is 250 g/mol. The van der Waals surface area contributed by atoms with Crippen LogP contribution in [-0.2, 0) is 16.1 Å². The first-order chi connectivity index (χ1) is 8.65. The molecular formula is C15H22O3. The second kappa shape index (κ2) is 8.03. The predicted molar refractivity (Wildman–Crippen MR) is 72.0 cm³/mol. The normalized spacial score (nSPS) is 15.9. The largest absolute Gasteiger partial charge is 0.390 e. The van der Waals surface area contributed by atoms with E-state index in [4.69, 9.17) is 9.47 Å². The first kappa shape index (κ1) is 14.9. The van der Waals surface area contributed by atoms with Crippen LogP contribution in [0.15, 0.2) is 43.0 Å². The average Bonchev–Trinajstić information content (AvgIpc) is 2.42. The summed E-state index contributed by atoms with van der Waals surface area (Å²) in [5, 5.41) is 9.85. The van der Waals surface area contributed by atoms with E-state index in [1.807, 2.05) is 44.2 Å². The molecule has 3 atom stereocenters. The molecule has 0 unspecified atom stereocenters. The molecule has 0 spiro atoms. The van der Waals surface area contributed by atoms with Crippen LogP contribution in [0.3, 0.4) is 0 Å². The van der Waals surface area contributed by atoms with E-state index in [1.54, 1.807) is 6.08 Å². The lowest BCUT2D eigenvalue weighted by atomic mass is 10.0. The Morgan fingerprint density at radius 1 is 1.28 bits per heavy atom. The fraction of sp³-hybridized carbons (Fsp3) is 0.467. The van der Waals surface area contributed by atoms with Gasteiger partial charge in [-0.2, -0.15) is 0 Å². The van der Waals surface area contributed by atoms with Crippen LogP contribution in [0, 0.1) is 5.92 Å². The third-order valence-corrected chi connectivity index (χ3v) is 2.92. The highest BCUT2D eigenvalue weighted by atomic mass is 16.7. The Morgan fingerprint density at radius 3 is 2.56 bits per heavy atom. The molecular weight excluding hydrogens is 228 g/mol. The number of hydrogen-bond donors (Lipinski definition) is 1. The number of hydrogen-bond acceptors (Lipinski definition) is 3. The van der Waals surface area contributed by atoms with Crippen molar-refractivity contribution < 1.29 is 14.6 Å². The van der Waals surface area contributed by atoms with Gasteiger partial charge >= 0.3 is 0 Å². The molecule has 3 heteroatoms. The number of ether oxygens (including phenoxy) is 2. The van der Waals surface area contributed by atoms with E-state index < -0.39 is 6.10 Å². The molecule has 1 aromatic carbocycles. The number of benzene rings is 1. The van der Waals surface area contributed by atoms with Gasteiger partial charge in [-0.05, 0) is 12.5 Å². The van der Waals surface area contributed by atoms with Crippen molar-refractivity contribution in [2.24, 2.45) is 5.92 Å². The molecule has 1 aromatic rings. The lowest BCUT2D eigenvalue weighted by Crippen LogP contribution is -2.31. The molecule has 0 aromatic heterocycles. The summed E-state index contributed by atoms with van der Waals surface area (Å²) >= 11 is 0. The van der Waals surface area contributed by atoms with Crippen LogP contribution in [-0.4, -0.2) is 24.1 Å². The molecule has 0 aliphatic heterocycles. The van der Waals surface area contributed by atoms with Crippen LogP contribution < -0.4 is 0 Å². The van der Waals surface area contributed by atoms with Crippen LogP contribution in [0.4, 0.5) is 0 Å². The molecule has 1 rings (SSSR count). The topological polar surface area (TPSA) is 38.7 Å². The maximum Gasteiger partial charge on any atom is 0.147 e. The summed E-state index contributed by atoms with van der Waals surface area (Å²) in [6, 6.07) is 9.90. The molecule has 0 heterocycles. The quantitative estimate of drug-likeness (QED) is 0.438.